The number of nitrogens with zero attached hydrogens (tertiary/aromatic N) is 2. The molecule has 0 aromatic heterocycles. The fraction of sp³-hybridized carbons (Fsp3) is 0.519. The second-order valence-corrected chi connectivity index (χ2v) is 10.9. The number of esters is 1. The lowest BCUT2D eigenvalue weighted by Crippen LogP contribution is -2.55. The highest BCUT2D eigenvalue weighted by Gasteiger charge is 2.74. The molecule has 0 saturated carbocycles. The average molecular weight is 515 g/mol. The Morgan fingerprint density at radius 3 is 2.67 bits per heavy atom. The highest BCUT2D eigenvalue weighted by Crippen LogP contribution is 2.66. The van der Waals surface area contributed by atoms with E-state index in [1.54, 1.807) is 53.0 Å². The number of fused-ring (bicyclic) bond motifs is 1. The second kappa shape index (κ2) is 11.1. The Balaban J connectivity index is 1.70. The second-order valence-electron chi connectivity index (χ2n) is 9.35. The normalized spacial score (nSPS) is 28.1. The van der Waals surface area contributed by atoms with Gasteiger partial charge in [-0.3, -0.25) is 14.4 Å². The SMILES string of the molecule is C=CCCOC(=O)[C@@H]1[C@@H]2CCC3(S2)C(C(=O)N(CC=C)c2ccc(OC)cc2)N(CCCO)C(=O)[C@H]13. The molecule has 3 aliphatic rings. The van der Waals surface area contributed by atoms with E-state index in [0.717, 1.165) is 6.42 Å². The largest absolute Gasteiger partial charge is 0.497 e. The quantitative estimate of drug-likeness (QED) is 0.260. The van der Waals surface area contributed by atoms with Crippen molar-refractivity contribution in [3.8, 4) is 5.75 Å². The van der Waals surface area contributed by atoms with Crippen LogP contribution >= 0.6 is 11.8 Å². The first-order chi connectivity index (χ1) is 17.4. The van der Waals surface area contributed by atoms with E-state index >= 15 is 0 Å². The number of hydrogen-bond acceptors (Lipinski definition) is 7. The molecule has 1 N–H and O–H groups in total. The van der Waals surface area contributed by atoms with Gasteiger partial charge in [0.2, 0.25) is 5.91 Å². The fourth-order valence-corrected chi connectivity index (χ4v) is 8.08. The number of carbonyl (C=O) groups is 3. The Bertz CT molecular complexity index is 1010. The van der Waals surface area contributed by atoms with Crippen LogP contribution in [0.3, 0.4) is 0 Å². The molecule has 9 heteroatoms. The van der Waals surface area contributed by atoms with Gasteiger partial charge >= 0.3 is 5.97 Å². The summed E-state index contributed by atoms with van der Waals surface area (Å²) in [6, 6.07) is 6.44. The van der Waals surface area contributed by atoms with E-state index in [1.807, 2.05) is 12.1 Å². The molecule has 36 heavy (non-hydrogen) atoms. The summed E-state index contributed by atoms with van der Waals surface area (Å²) in [5, 5.41) is 9.45. The third kappa shape index (κ3) is 4.43. The lowest BCUT2D eigenvalue weighted by atomic mass is 9.71. The maximum Gasteiger partial charge on any atom is 0.310 e. The van der Waals surface area contributed by atoms with Crippen molar-refractivity contribution in [2.45, 2.75) is 41.7 Å². The van der Waals surface area contributed by atoms with E-state index in [9.17, 15) is 19.5 Å². The first-order valence-corrected chi connectivity index (χ1v) is 13.2. The van der Waals surface area contributed by atoms with Crippen LogP contribution < -0.4 is 9.64 Å². The topological polar surface area (TPSA) is 96.4 Å². The van der Waals surface area contributed by atoms with E-state index in [2.05, 4.69) is 13.2 Å². The summed E-state index contributed by atoms with van der Waals surface area (Å²) in [4.78, 5) is 44.5. The first-order valence-electron chi connectivity index (χ1n) is 12.4. The average Bonchev–Trinajstić information content (AvgIpc) is 3.53. The standard InChI is InChI=1S/C27H34N2O6S/c1-4-6-17-35-26(33)21-20-12-13-27(36-20)22(21)24(31)29(15-7-16-30)23(27)25(32)28(14-5-2)18-8-10-19(34-3)11-9-18/h4-5,8-11,20-23,30H,1-2,6-7,12-17H2,3H3/t20-,21+,22-,23?,27?/m0/s1. The van der Waals surface area contributed by atoms with Crippen LogP contribution in [-0.4, -0.2) is 77.2 Å². The molecule has 8 nitrogen and oxygen atoms in total. The van der Waals surface area contributed by atoms with Crippen LogP contribution in [0.4, 0.5) is 5.69 Å². The van der Waals surface area contributed by atoms with Crippen LogP contribution in [-0.2, 0) is 19.1 Å². The molecule has 0 aliphatic carbocycles. The molecule has 3 fully saturated rings. The first kappa shape index (κ1) is 26.3. The number of thioether (sulfide) groups is 1. The maximum absolute atomic E-state index is 14.3. The van der Waals surface area contributed by atoms with Gasteiger partial charge in [-0.1, -0.05) is 12.2 Å². The monoisotopic (exact) mass is 514 g/mol. The molecule has 2 unspecified atom stereocenters. The van der Waals surface area contributed by atoms with Crippen molar-refractivity contribution in [1.29, 1.82) is 0 Å². The van der Waals surface area contributed by atoms with Gasteiger partial charge in [-0.15, -0.1) is 24.9 Å². The Hall–Kier alpha value is -2.78. The van der Waals surface area contributed by atoms with E-state index in [1.165, 1.54) is 0 Å². The summed E-state index contributed by atoms with van der Waals surface area (Å²) in [5.41, 5.74) is 0.674. The summed E-state index contributed by atoms with van der Waals surface area (Å²) >= 11 is 1.60. The van der Waals surface area contributed by atoms with Gasteiger partial charge in [0.15, 0.2) is 0 Å². The highest BCUT2D eigenvalue weighted by atomic mass is 32.2. The molecule has 2 bridgehead atoms. The third-order valence-electron chi connectivity index (χ3n) is 7.39. The van der Waals surface area contributed by atoms with Crippen LogP contribution in [0, 0.1) is 11.8 Å². The lowest BCUT2D eigenvalue weighted by Gasteiger charge is -2.37. The van der Waals surface area contributed by atoms with Crippen molar-refractivity contribution in [3.63, 3.8) is 0 Å². The van der Waals surface area contributed by atoms with Crippen molar-refractivity contribution in [1.82, 2.24) is 4.90 Å². The number of methoxy groups -OCH3 is 1. The molecule has 3 heterocycles. The molecular weight excluding hydrogens is 480 g/mol. The molecule has 2 amide bonds. The van der Waals surface area contributed by atoms with Crippen LogP contribution in [0.15, 0.2) is 49.6 Å². The van der Waals surface area contributed by atoms with Gasteiger partial charge in [-0.05, 0) is 49.9 Å². The van der Waals surface area contributed by atoms with Crippen LogP contribution in [0.5, 0.6) is 5.75 Å². The minimum atomic E-state index is -0.746. The minimum Gasteiger partial charge on any atom is -0.497 e. The molecule has 0 radical (unpaired) electrons. The number of aliphatic hydroxyl groups excluding tert-OH is 1. The van der Waals surface area contributed by atoms with Gasteiger partial charge in [-0.25, -0.2) is 0 Å². The Morgan fingerprint density at radius 2 is 2.03 bits per heavy atom. The van der Waals surface area contributed by atoms with Crippen LogP contribution in [0.25, 0.3) is 0 Å². The van der Waals surface area contributed by atoms with Gasteiger partial charge in [-0.2, -0.15) is 0 Å². The zero-order valence-corrected chi connectivity index (χ0v) is 21.5. The number of anilines is 1. The zero-order valence-electron chi connectivity index (χ0n) is 20.6. The third-order valence-corrected chi connectivity index (χ3v) is 9.34. The molecule has 1 aromatic carbocycles. The van der Waals surface area contributed by atoms with E-state index < -0.39 is 22.6 Å². The van der Waals surface area contributed by atoms with Gasteiger partial charge in [0.25, 0.3) is 5.91 Å². The van der Waals surface area contributed by atoms with Crippen LogP contribution in [0.1, 0.15) is 25.7 Å². The molecule has 4 rings (SSSR count). The molecular formula is C27H34N2O6S. The lowest BCUT2D eigenvalue weighted by molar-refractivity contribution is -0.154. The fourth-order valence-electron chi connectivity index (χ4n) is 5.88. The number of benzene rings is 1. The number of amides is 2. The summed E-state index contributed by atoms with van der Waals surface area (Å²) in [6.45, 7) is 8.14. The van der Waals surface area contributed by atoms with Gasteiger partial charge < -0.3 is 24.4 Å². The number of aliphatic hydroxyl groups is 1. The van der Waals surface area contributed by atoms with Gasteiger partial charge in [0, 0.05) is 30.6 Å². The van der Waals surface area contributed by atoms with E-state index in [0.29, 0.717) is 30.7 Å². The van der Waals surface area contributed by atoms with Crippen molar-refractivity contribution in [2.24, 2.45) is 11.8 Å². The molecule has 1 spiro atoms. The Morgan fingerprint density at radius 1 is 1.28 bits per heavy atom. The highest BCUT2D eigenvalue weighted by molar-refractivity contribution is 8.02. The summed E-state index contributed by atoms with van der Waals surface area (Å²) in [7, 11) is 1.58. The number of carbonyl (C=O) groups excluding carboxylic acids is 3. The van der Waals surface area contributed by atoms with Gasteiger partial charge in [0.1, 0.15) is 11.8 Å². The molecule has 3 saturated heterocycles. The van der Waals surface area contributed by atoms with Crippen molar-refractivity contribution < 1.29 is 29.0 Å². The number of rotatable bonds is 12. The number of hydrogen-bond donors (Lipinski definition) is 1. The smallest absolute Gasteiger partial charge is 0.310 e. The van der Waals surface area contributed by atoms with E-state index in [4.69, 9.17) is 9.47 Å². The van der Waals surface area contributed by atoms with E-state index in [-0.39, 0.29) is 49.3 Å². The summed E-state index contributed by atoms with van der Waals surface area (Å²) in [5.74, 6) is -1.30. The zero-order chi connectivity index (χ0) is 25.9. The molecule has 3 aliphatic heterocycles. The number of ether oxygens (including phenoxy) is 2. The van der Waals surface area contributed by atoms with Crippen molar-refractivity contribution in [3.05, 3.63) is 49.6 Å². The minimum absolute atomic E-state index is 0.0562. The summed E-state index contributed by atoms with van der Waals surface area (Å²) in [6.07, 6.45) is 5.66. The molecule has 1 aromatic rings. The molecule has 5 atom stereocenters. The van der Waals surface area contributed by atoms with Crippen molar-refractivity contribution in [2.75, 3.05) is 38.3 Å². The predicted octanol–water partition coefficient (Wildman–Crippen LogP) is 2.81. The molecule has 194 valence electrons. The van der Waals surface area contributed by atoms with Crippen molar-refractivity contribution >= 4 is 35.2 Å². The van der Waals surface area contributed by atoms with Crippen LogP contribution in [0.2, 0.25) is 0 Å². The Labute approximate surface area is 216 Å². The predicted molar refractivity (Wildman–Crippen MR) is 139 cm³/mol. The Kier molecular flexibility index (Phi) is 8.10. The summed E-state index contributed by atoms with van der Waals surface area (Å²) < 4.78 is 10.1. The van der Waals surface area contributed by atoms with Gasteiger partial charge in [0.05, 0.1) is 30.3 Å². The maximum atomic E-state index is 14.3. The number of likely N-dealkylation sites (tertiary alicyclic amines) is 1.